The molecule has 266 valence electrons. The standard InChI is InChI=1S/C36H46FN3O8S/c1-24-20-40(25(2)23-41)35(42)32-19-30(38-49(45,46)31-15-12-29(37)13-16-31)14-17-33(32)48-26(3)7-5-6-18-47-34(24)22-39(4)21-27-8-10-28(11-9-27)36(43)44/h8-17,19,24-26,34,38,41H,5-7,18,20-23H2,1-4H3,(H,43,44)/t24-,25+,26+,34+/m1/s1. The highest BCUT2D eigenvalue weighted by Crippen LogP contribution is 2.29. The van der Waals surface area contributed by atoms with E-state index in [0.29, 0.717) is 31.9 Å². The van der Waals surface area contributed by atoms with Crippen molar-refractivity contribution in [2.45, 2.75) is 69.7 Å². The quantitative estimate of drug-likeness (QED) is 0.258. The van der Waals surface area contributed by atoms with Gasteiger partial charge in [-0.15, -0.1) is 0 Å². The van der Waals surface area contributed by atoms with Gasteiger partial charge in [0.15, 0.2) is 0 Å². The molecule has 11 nitrogen and oxygen atoms in total. The van der Waals surface area contributed by atoms with Gasteiger partial charge in [-0.2, -0.15) is 0 Å². The van der Waals surface area contributed by atoms with Crippen molar-refractivity contribution in [2.75, 3.05) is 38.1 Å². The second kappa shape index (κ2) is 17.1. The highest BCUT2D eigenvalue weighted by Gasteiger charge is 2.31. The average Bonchev–Trinajstić information content (AvgIpc) is 3.06. The number of amides is 1. The molecule has 0 spiro atoms. The Morgan fingerprint density at radius 3 is 2.43 bits per heavy atom. The molecule has 1 amide bonds. The third-order valence-corrected chi connectivity index (χ3v) is 9.97. The Labute approximate surface area is 287 Å². The minimum Gasteiger partial charge on any atom is -0.490 e. The van der Waals surface area contributed by atoms with Crippen molar-refractivity contribution in [1.29, 1.82) is 0 Å². The van der Waals surface area contributed by atoms with Crippen LogP contribution in [0.2, 0.25) is 0 Å². The normalized spacial score (nSPS) is 20.2. The molecule has 4 rings (SSSR count). The average molecular weight is 700 g/mol. The van der Waals surface area contributed by atoms with Gasteiger partial charge >= 0.3 is 5.97 Å². The zero-order valence-electron chi connectivity index (χ0n) is 28.3. The molecule has 0 aliphatic carbocycles. The number of fused-ring (bicyclic) bond motifs is 1. The molecule has 0 radical (unpaired) electrons. The Morgan fingerprint density at radius 1 is 1.08 bits per heavy atom. The first-order valence-electron chi connectivity index (χ1n) is 16.4. The van der Waals surface area contributed by atoms with Gasteiger partial charge in [0.2, 0.25) is 0 Å². The smallest absolute Gasteiger partial charge is 0.335 e. The van der Waals surface area contributed by atoms with Crippen LogP contribution in [0.1, 0.15) is 66.3 Å². The molecular formula is C36H46FN3O8S. The molecule has 0 saturated carbocycles. The number of carbonyl (C=O) groups is 2. The van der Waals surface area contributed by atoms with Crippen molar-refractivity contribution in [3.8, 4) is 5.75 Å². The third-order valence-electron chi connectivity index (χ3n) is 8.57. The summed E-state index contributed by atoms with van der Waals surface area (Å²) in [5.41, 5.74) is 1.42. The minimum absolute atomic E-state index is 0.123. The van der Waals surface area contributed by atoms with Gasteiger partial charge in [-0.3, -0.25) is 14.4 Å². The highest BCUT2D eigenvalue weighted by atomic mass is 32.2. The first kappa shape index (κ1) is 37.8. The number of carboxylic acids is 1. The SMILES string of the molecule is C[C@@H]1CN([C@@H](C)CO)C(=O)c2cc(NS(=O)(=O)c3ccc(F)cc3)ccc2O[C@@H](C)CCCCO[C@H]1CN(C)Cc1ccc(C(=O)O)cc1. The summed E-state index contributed by atoms with van der Waals surface area (Å²) >= 11 is 0. The number of anilines is 1. The topological polar surface area (TPSA) is 146 Å². The zero-order chi connectivity index (χ0) is 35.7. The molecule has 1 aliphatic rings. The first-order chi connectivity index (χ1) is 23.3. The van der Waals surface area contributed by atoms with Crippen molar-refractivity contribution in [3.63, 3.8) is 0 Å². The maximum Gasteiger partial charge on any atom is 0.335 e. The Hall–Kier alpha value is -4.04. The number of aliphatic hydroxyl groups excluding tert-OH is 1. The summed E-state index contributed by atoms with van der Waals surface area (Å²) in [6, 6.07) is 15.1. The molecule has 3 aromatic carbocycles. The molecule has 1 heterocycles. The molecule has 4 atom stereocenters. The van der Waals surface area contributed by atoms with Crippen molar-refractivity contribution in [3.05, 3.63) is 89.2 Å². The van der Waals surface area contributed by atoms with Crippen molar-refractivity contribution in [2.24, 2.45) is 5.92 Å². The van der Waals surface area contributed by atoms with Gasteiger partial charge < -0.3 is 24.6 Å². The summed E-state index contributed by atoms with van der Waals surface area (Å²) in [7, 11) is -2.14. The number of rotatable bonds is 10. The van der Waals surface area contributed by atoms with Crippen LogP contribution < -0.4 is 9.46 Å². The molecule has 0 bridgehead atoms. The fourth-order valence-electron chi connectivity index (χ4n) is 5.71. The number of sulfonamides is 1. The molecule has 0 saturated heterocycles. The summed E-state index contributed by atoms with van der Waals surface area (Å²) in [5, 5.41) is 19.4. The maximum absolute atomic E-state index is 14.4. The van der Waals surface area contributed by atoms with E-state index in [1.807, 2.05) is 20.9 Å². The fourth-order valence-corrected chi connectivity index (χ4v) is 6.76. The van der Waals surface area contributed by atoms with Gasteiger partial charge in [-0.1, -0.05) is 19.1 Å². The first-order valence-corrected chi connectivity index (χ1v) is 17.9. The van der Waals surface area contributed by atoms with Crippen LogP contribution in [0, 0.1) is 11.7 Å². The second-order valence-corrected chi connectivity index (χ2v) is 14.5. The molecular weight excluding hydrogens is 653 g/mol. The third kappa shape index (κ3) is 10.5. The Bertz CT molecular complexity index is 1670. The number of hydrogen-bond acceptors (Lipinski definition) is 8. The van der Waals surface area contributed by atoms with Gasteiger partial charge in [0.25, 0.3) is 15.9 Å². The predicted molar refractivity (Wildman–Crippen MR) is 184 cm³/mol. The largest absolute Gasteiger partial charge is 0.490 e. The number of carbonyl (C=O) groups excluding carboxylic acids is 1. The number of nitrogens with zero attached hydrogens (tertiary/aromatic N) is 2. The van der Waals surface area contributed by atoms with Crippen molar-refractivity contribution >= 4 is 27.6 Å². The monoisotopic (exact) mass is 699 g/mol. The van der Waals surface area contributed by atoms with E-state index in [1.165, 1.54) is 12.1 Å². The van der Waals surface area contributed by atoms with E-state index in [1.54, 1.807) is 42.2 Å². The zero-order valence-corrected chi connectivity index (χ0v) is 29.2. The van der Waals surface area contributed by atoms with Crippen LogP contribution in [-0.2, 0) is 21.3 Å². The van der Waals surface area contributed by atoms with E-state index < -0.39 is 33.8 Å². The van der Waals surface area contributed by atoms with E-state index in [-0.39, 0.29) is 53.0 Å². The Kier molecular flexibility index (Phi) is 13.2. The van der Waals surface area contributed by atoms with E-state index >= 15 is 0 Å². The molecule has 3 N–H and O–H groups in total. The number of aromatic carboxylic acids is 1. The van der Waals surface area contributed by atoms with Crippen LogP contribution >= 0.6 is 0 Å². The van der Waals surface area contributed by atoms with Gasteiger partial charge in [-0.25, -0.2) is 17.6 Å². The van der Waals surface area contributed by atoms with Crippen molar-refractivity contribution in [1.82, 2.24) is 9.80 Å². The number of benzene rings is 3. The van der Waals surface area contributed by atoms with E-state index in [4.69, 9.17) is 9.47 Å². The summed E-state index contributed by atoms with van der Waals surface area (Å²) in [4.78, 5) is 29.1. The number of nitrogens with one attached hydrogen (secondary N) is 1. The molecule has 0 aromatic heterocycles. The number of hydrogen-bond donors (Lipinski definition) is 3. The lowest BCUT2D eigenvalue weighted by Gasteiger charge is -2.36. The van der Waals surface area contributed by atoms with Crippen LogP contribution in [0.3, 0.4) is 0 Å². The van der Waals surface area contributed by atoms with Crippen LogP contribution in [-0.4, -0.2) is 91.9 Å². The summed E-state index contributed by atoms with van der Waals surface area (Å²) in [6.45, 7) is 7.16. The molecule has 0 unspecified atom stereocenters. The van der Waals surface area contributed by atoms with E-state index in [2.05, 4.69) is 9.62 Å². The van der Waals surface area contributed by atoms with Crippen LogP contribution in [0.4, 0.5) is 10.1 Å². The van der Waals surface area contributed by atoms with E-state index in [0.717, 1.165) is 42.7 Å². The Morgan fingerprint density at radius 2 is 1.78 bits per heavy atom. The van der Waals surface area contributed by atoms with E-state index in [9.17, 15) is 32.6 Å². The number of carboxylic acid groups (broad SMARTS) is 1. The summed E-state index contributed by atoms with van der Waals surface area (Å²) in [6.07, 6.45) is 1.77. The lowest BCUT2D eigenvalue weighted by molar-refractivity contribution is -0.0177. The van der Waals surface area contributed by atoms with Gasteiger partial charge in [0.1, 0.15) is 11.6 Å². The van der Waals surface area contributed by atoms with Gasteiger partial charge in [0, 0.05) is 37.8 Å². The maximum atomic E-state index is 14.4. The molecule has 0 fully saturated rings. The predicted octanol–water partition coefficient (Wildman–Crippen LogP) is 5.25. The molecule has 3 aromatic rings. The molecule has 49 heavy (non-hydrogen) atoms. The lowest BCUT2D eigenvalue weighted by atomic mass is 10.0. The summed E-state index contributed by atoms with van der Waals surface area (Å²) in [5.74, 6) is -1.88. The van der Waals surface area contributed by atoms with Gasteiger partial charge in [-0.05, 0) is 100 Å². The number of likely N-dealkylation sites (N-methyl/N-ethyl adjacent to an activating group) is 1. The molecule has 1 aliphatic heterocycles. The van der Waals surface area contributed by atoms with Crippen LogP contribution in [0.25, 0.3) is 0 Å². The second-order valence-electron chi connectivity index (χ2n) is 12.8. The number of halogens is 1. The summed E-state index contributed by atoms with van der Waals surface area (Å²) < 4.78 is 54.8. The minimum atomic E-state index is -4.09. The van der Waals surface area contributed by atoms with Gasteiger partial charge in [0.05, 0.1) is 40.9 Å². The van der Waals surface area contributed by atoms with Crippen LogP contribution in [0.5, 0.6) is 5.75 Å². The lowest BCUT2D eigenvalue weighted by Crippen LogP contribution is -2.47. The molecule has 13 heteroatoms. The highest BCUT2D eigenvalue weighted by molar-refractivity contribution is 7.92. The number of ether oxygens (including phenoxy) is 2. The Balaban J connectivity index is 1.62. The van der Waals surface area contributed by atoms with Crippen molar-refractivity contribution < 1.29 is 42.1 Å². The fraction of sp³-hybridized carbons (Fsp3) is 0.444. The number of aliphatic hydroxyl groups is 1. The van der Waals surface area contributed by atoms with Crippen LogP contribution in [0.15, 0.2) is 71.6 Å².